The fourth-order valence-corrected chi connectivity index (χ4v) is 1.47. The quantitative estimate of drug-likeness (QED) is 0.721. The van der Waals surface area contributed by atoms with Gasteiger partial charge in [-0.25, -0.2) is 4.39 Å². The zero-order valence-electron chi connectivity index (χ0n) is 8.77. The Hall–Kier alpha value is -2.03. The van der Waals surface area contributed by atoms with Crippen molar-refractivity contribution < 1.29 is 9.18 Å². The average Bonchev–Trinajstić information content (AvgIpc) is 2.32. The van der Waals surface area contributed by atoms with Gasteiger partial charge in [0.25, 0.3) is 0 Å². The Morgan fingerprint density at radius 2 is 1.88 bits per heavy atom. The highest BCUT2D eigenvalue weighted by Crippen LogP contribution is 2.14. The second-order valence-corrected chi connectivity index (χ2v) is 3.55. The van der Waals surface area contributed by atoms with Gasteiger partial charge in [-0.1, -0.05) is 11.6 Å². The first-order chi connectivity index (χ1) is 7.68. The number of hydrogen-bond donors (Lipinski definition) is 0. The second-order valence-electron chi connectivity index (χ2n) is 3.55. The van der Waals surface area contributed by atoms with Crippen LogP contribution in [0, 0.1) is 12.7 Å². The Bertz CT molecular complexity index is 523. The van der Waals surface area contributed by atoms with Crippen LogP contribution < -0.4 is 0 Å². The fourth-order valence-electron chi connectivity index (χ4n) is 1.47. The minimum Gasteiger partial charge on any atom is -0.288 e. The highest BCUT2D eigenvalue weighted by molar-refractivity contribution is 6.09. The Morgan fingerprint density at radius 3 is 2.56 bits per heavy atom. The minimum atomic E-state index is -0.493. The monoisotopic (exact) mass is 215 g/mol. The van der Waals surface area contributed by atoms with Crippen molar-refractivity contribution in [2.24, 2.45) is 0 Å². The first-order valence-corrected chi connectivity index (χ1v) is 4.89. The number of nitrogens with zero attached hydrogens (tertiary/aromatic N) is 1. The van der Waals surface area contributed by atoms with Gasteiger partial charge in [-0.15, -0.1) is 0 Å². The largest absolute Gasteiger partial charge is 0.288 e. The van der Waals surface area contributed by atoms with Gasteiger partial charge in [-0.05, 0) is 31.2 Å². The summed E-state index contributed by atoms with van der Waals surface area (Å²) in [5.74, 6) is -0.809. The molecule has 0 spiro atoms. The van der Waals surface area contributed by atoms with E-state index in [1.165, 1.54) is 18.5 Å². The first-order valence-electron chi connectivity index (χ1n) is 4.89. The molecule has 0 N–H and O–H groups in total. The summed E-state index contributed by atoms with van der Waals surface area (Å²) >= 11 is 0. The van der Waals surface area contributed by atoms with Crippen LogP contribution in [0.5, 0.6) is 0 Å². The molecule has 0 saturated heterocycles. The number of aryl methyl sites for hydroxylation is 1. The molecule has 2 nitrogen and oxygen atoms in total. The zero-order chi connectivity index (χ0) is 11.5. The van der Waals surface area contributed by atoms with Crippen LogP contribution in [0.1, 0.15) is 21.5 Å². The number of rotatable bonds is 2. The van der Waals surface area contributed by atoms with E-state index in [4.69, 9.17) is 0 Å². The summed E-state index contributed by atoms with van der Waals surface area (Å²) in [5.41, 5.74) is 1.41. The Kier molecular flexibility index (Phi) is 2.77. The molecule has 0 aliphatic carbocycles. The van der Waals surface area contributed by atoms with Crippen LogP contribution in [0.2, 0.25) is 0 Å². The summed E-state index contributed by atoms with van der Waals surface area (Å²) in [7, 11) is 0. The van der Waals surface area contributed by atoms with Crippen LogP contribution in [0.15, 0.2) is 42.7 Å². The third kappa shape index (κ3) is 1.98. The van der Waals surface area contributed by atoms with Gasteiger partial charge in [-0.3, -0.25) is 9.78 Å². The lowest BCUT2D eigenvalue weighted by Crippen LogP contribution is -2.04. The predicted octanol–water partition coefficient (Wildman–Crippen LogP) is 2.76. The Labute approximate surface area is 92.8 Å². The normalized spacial score (nSPS) is 10.1. The van der Waals surface area contributed by atoms with Crippen molar-refractivity contribution in [1.82, 2.24) is 4.98 Å². The summed E-state index contributed by atoms with van der Waals surface area (Å²) in [6, 6.07) is 7.65. The topological polar surface area (TPSA) is 30.0 Å². The number of halogens is 1. The molecule has 3 heteroatoms. The number of hydrogen-bond acceptors (Lipinski definition) is 2. The first kappa shape index (κ1) is 10.5. The molecule has 1 aromatic heterocycles. The summed E-state index contributed by atoms with van der Waals surface area (Å²) < 4.78 is 13.5. The lowest BCUT2D eigenvalue weighted by atomic mass is 10.0. The van der Waals surface area contributed by atoms with Gasteiger partial charge >= 0.3 is 0 Å². The van der Waals surface area contributed by atoms with Crippen LogP contribution in [-0.4, -0.2) is 10.8 Å². The third-order valence-corrected chi connectivity index (χ3v) is 2.31. The van der Waals surface area contributed by atoms with Gasteiger partial charge in [0.2, 0.25) is 0 Å². The molecule has 80 valence electrons. The lowest BCUT2D eigenvalue weighted by Gasteiger charge is -2.03. The van der Waals surface area contributed by atoms with E-state index in [1.54, 1.807) is 24.3 Å². The molecule has 0 amide bonds. The molecule has 0 saturated carbocycles. The van der Waals surface area contributed by atoms with Crippen molar-refractivity contribution in [2.75, 3.05) is 0 Å². The van der Waals surface area contributed by atoms with Gasteiger partial charge < -0.3 is 0 Å². The highest BCUT2D eigenvalue weighted by Gasteiger charge is 2.13. The van der Waals surface area contributed by atoms with Crippen LogP contribution in [0.25, 0.3) is 0 Å². The smallest absolute Gasteiger partial charge is 0.196 e. The van der Waals surface area contributed by atoms with Crippen molar-refractivity contribution in [2.45, 2.75) is 6.92 Å². The number of carbonyl (C=O) groups excluding carboxylic acids is 1. The molecular weight excluding hydrogens is 205 g/mol. The Balaban J connectivity index is 2.46. The van der Waals surface area contributed by atoms with Crippen molar-refractivity contribution in [3.05, 3.63) is 65.2 Å². The van der Waals surface area contributed by atoms with E-state index >= 15 is 0 Å². The van der Waals surface area contributed by atoms with Crippen molar-refractivity contribution >= 4 is 5.78 Å². The van der Waals surface area contributed by atoms with Gasteiger partial charge in [0.05, 0.1) is 5.56 Å². The molecule has 0 fully saturated rings. The molecule has 1 heterocycles. The minimum absolute atomic E-state index is 0.103. The third-order valence-electron chi connectivity index (χ3n) is 2.31. The van der Waals surface area contributed by atoms with E-state index in [1.807, 2.05) is 6.92 Å². The van der Waals surface area contributed by atoms with Crippen LogP contribution in [0.4, 0.5) is 4.39 Å². The number of aromatic nitrogens is 1. The highest BCUT2D eigenvalue weighted by atomic mass is 19.1. The lowest BCUT2D eigenvalue weighted by molar-refractivity contribution is 0.103. The molecule has 0 radical (unpaired) electrons. The van der Waals surface area contributed by atoms with E-state index in [0.29, 0.717) is 5.56 Å². The fraction of sp³-hybridized carbons (Fsp3) is 0.0769. The number of ketones is 1. The molecule has 2 aromatic rings. The zero-order valence-corrected chi connectivity index (χ0v) is 8.77. The van der Waals surface area contributed by atoms with Gasteiger partial charge in [0.1, 0.15) is 5.82 Å². The SMILES string of the molecule is Cc1ccc(F)c(C(=O)c2ccncc2)c1. The molecule has 0 aliphatic heterocycles. The summed E-state index contributed by atoms with van der Waals surface area (Å²) in [4.78, 5) is 15.8. The summed E-state index contributed by atoms with van der Waals surface area (Å²) in [6.07, 6.45) is 3.03. The van der Waals surface area contributed by atoms with Crippen molar-refractivity contribution in [3.63, 3.8) is 0 Å². The van der Waals surface area contributed by atoms with Gasteiger partial charge in [0, 0.05) is 18.0 Å². The summed E-state index contributed by atoms with van der Waals surface area (Å²) in [5, 5.41) is 0. The molecule has 16 heavy (non-hydrogen) atoms. The maximum Gasteiger partial charge on any atom is 0.196 e. The second kappa shape index (κ2) is 4.23. The standard InChI is InChI=1S/C13H10FNO/c1-9-2-3-12(14)11(8-9)13(16)10-4-6-15-7-5-10/h2-8H,1H3. The molecule has 1 aromatic carbocycles. The van der Waals surface area contributed by atoms with Crippen LogP contribution >= 0.6 is 0 Å². The maximum atomic E-state index is 13.5. The number of carbonyl (C=O) groups is 1. The van der Waals surface area contributed by atoms with Crippen molar-refractivity contribution in [1.29, 1.82) is 0 Å². The van der Waals surface area contributed by atoms with Crippen LogP contribution in [0.3, 0.4) is 0 Å². The van der Waals surface area contributed by atoms with E-state index < -0.39 is 5.82 Å². The number of pyridine rings is 1. The molecule has 0 atom stereocenters. The number of benzene rings is 1. The van der Waals surface area contributed by atoms with Crippen LogP contribution in [-0.2, 0) is 0 Å². The molecule has 2 rings (SSSR count). The van der Waals surface area contributed by atoms with Gasteiger partial charge in [-0.2, -0.15) is 0 Å². The van der Waals surface area contributed by atoms with E-state index in [-0.39, 0.29) is 11.3 Å². The Morgan fingerprint density at radius 1 is 1.19 bits per heavy atom. The van der Waals surface area contributed by atoms with Gasteiger partial charge in [0.15, 0.2) is 5.78 Å². The average molecular weight is 215 g/mol. The maximum absolute atomic E-state index is 13.5. The summed E-state index contributed by atoms with van der Waals surface area (Å²) in [6.45, 7) is 1.82. The van der Waals surface area contributed by atoms with Crippen molar-refractivity contribution in [3.8, 4) is 0 Å². The predicted molar refractivity (Wildman–Crippen MR) is 58.8 cm³/mol. The molecule has 0 aliphatic rings. The van der Waals surface area contributed by atoms with E-state index in [9.17, 15) is 9.18 Å². The molecular formula is C13H10FNO. The molecule has 0 unspecified atom stereocenters. The van der Waals surface area contributed by atoms with E-state index in [0.717, 1.165) is 5.56 Å². The van der Waals surface area contributed by atoms with E-state index in [2.05, 4.69) is 4.98 Å². The molecule has 0 bridgehead atoms.